The van der Waals surface area contributed by atoms with Gasteiger partial charge in [0.05, 0.1) is 6.61 Å². The number of hydrogen-bond donors (Lipinski definition) is 1. The molecular weight excluding hydrogens is 278 g/mol. The van der Waals surface area contributed by atoms with Crippen molar-refractivity contribution in [1.82, 2.24) is 5.32 Å². The molecule has 2 rings (SSSR count). The molecule has 1 aliphatic heterocycles. The van der Waals surface area contributed by atoms with Crippen LogP contribution < -0.4 is 10.1 Å². The van der Waals surface area contributed by atoms with Gasteiger partial charge in [0.15, 0.2) is 0 Å². The summed E-state index contributed by atoms with van der Waals surface area (Å²) < 4.78 is 10.9. The first-order valence-electron chi connectivity index (χ1n) is 8.09. The number of rotatable bonds is 9. The van der Waals surface area contributed by atoms with Crippen molar-refractivity contribution >= 4 is 12.0 Å². The fraction of sp³-hybridized carbons (Fsp3) is 0.500. The maximum absolute atomic E-state index is 11.7. The predicted octanol–water partition coefficient (Wildman–Crippen LogP) is 2.96. The summed E-state index contributed by atoms with van der Waals surface area (Å²) in [5, 5.41) is 2.87. The van der Waals surface area contributed by atoms with Crippen LogP contribution in [-0.4, -0.2) is 32.3 Å². The Morgan fingerprint density at radius 2 is 2.23 bits per heavy atom. The van der Waals surface area contributed by atoms with Gasteiger partial charge >= 0.3 is 0 Å². The van der Waals surface area contributed by atoms with E-state index in [0.717, 1.165) is 50.2 Å². The molecule has 120 valence electrons. The van der Waals surface area contributed by atoms with Gasteiger partial charge in [0.1, 0.15) is 5.75 Å². The zero-order valence-electron chi connectivity index (χ0n) is 13.3. The largest absolute Gasteiger partial charge is 0.493 e. The van der Waals surface area contributed by atoms with Gasteiger partial charge in [0.2, 0.25) is 5.91 Å². The highest BCUT2D eigenvalue weighted by molar-refractivity contribution is 5.91. The van der Waals surface area contributed by atoms with Crippen LogP contribution in [0.2, 0.25) is 0 Å². The second-order valence-electron chi connectivity index (χ2n) is 5.41. The Balaban J connectivity index is 1.64. The molecule has 0 unspecified atom stereocenters. The second-order valence-corrected chi connectivity index (χ2v) is 5.41. The van der Waals surface area contributed by atoms with E-state index < -0.39 is 0 Å². The molecule has 1 aromatic carbocycles. The maximum atomic E-state index is 11.7. The van der Waals surface area contributed by atoms with Gasteiger partial charge in [0.25, 0.3) is 0 Å². The van der Waals surface area contributed by atoms with Gasteiger partial charge < -0.3 is 14.8 Å². The first kappa shape index (κ1) is 16.6. The van der Waals surface area contributed by atoms with Crippen molar-refractivity contribution in [2.24, 2.45) is 0 Å². The Bertz CT molecular complexity index is 511. The molecule has 0 atom stereocenters. The molecule has 0 fully saturated rings. The highest BCUT2D eigenvalue weighted by Gasteiger charge is 2.10. The quantitative estimate of drug-likeness (QED) is 0.563. The first-order chi connectivity index (χ1) is 10.8. The smallest absolute Gasteiger partial charge is 0.244 e. The van der Waals surface area contributed by atoms with Gasteiger partial charge in [-0.1, -0.05) is 19.4 Å². The summed E-state index contributed by atoms with van der Waals surface area (Å²) in [5.74, 6) is 0.898. The molecule has 1 N–H and O–H groups in total. The van der Waals surface area contributed by atoms with Crippen LogP contribution in [-0.2, 0) is 16.0 Å². The molecule has 0 radical (unpaired) electrons. The molecule has 1 amide bonds. The standard InChI is InChI=1S/C18H25NO3/c1-2-3-11-21-12-4-10-19-18(20)8-6-15-5-7-17-16(14-15)9-13-22-17/h5-8,14H,2-4,9-13H2,1H3,(H,19,20)/b8-6+. The zero-order chi connectivity index (χ0) is 15.6. The zero-order valence-corrected chi connectivity index (χ0v) is 13.3. The molecule has 4 heteroatoms. The number of nitrogens with one attached hydrogen (secondary N) is 1. The number of carbonyl (C=O) groups excluding carboxylic acids is 1. The molecule has 1 aliphatic rings. The summed E-state index contributed by atoms with van der Waals surface area (Å²) in [6.45, 7) is 5.06. The van der Waals surface area contributed by atoms with Crippen molar-refractivity contribution in [3.05, 3.63) is 35.4 Å². The summed E-state index contributed by atoms with van der Waals surface area (Å²) >= 11 is 0. The third-order valence-corrected chi connectivity index (χ3v) is 3.55. The molecule has 0 bridgehead atoms. The number of unbranched alkanes of at least 4 members (excludes halogenated alkanes) is 1. The lowest BCUT2D eigenvalue weighted by Crippen LogP contribution is -2.23. The van der Waals surface area contributed by atoms with Crippen LogP contribution in [0.4, 0.5) is 0 Å². The third kappa shape index (κ3) is 5.53. The molecule has 0 saturated carbocycles. The number of amides is 1. The number of benzene rings is 1. The minimum absolute atomic E-state index is 0.0645. The summed E-state index contributed by atoms with van der Waals surface area (Å²) in [4.78, 5) is 11.7. The van der Waals surface area contributed by atoms with Gasteiger partial charge in [-0.3, -0.25) is 4.79 Å². The Morgan fingerprint density at radius 1 is 1.36 bits per heavy atom. The van der Waals surface area contributed by atoms with E-state index in [1.54, 1.807) is 6.08 Å². The molecule has 0 aromatic heterocycles. The monoisotopic (exact) mass is 303 g/mol. The minimum Gasteiger partial charge on any atom is -0.493 e. The van der Waals surface area contributed by atoms with Crippen molar-refractivity contribution in [3.63, 3.8) is 0 Å². The molecule has 1 aromatic rings. The third-order valence-electron chi connectivity index (χ3n) is 3.55. The summed E-state index contributed by atoms with van der Waals surface area (Å²) in [6, 6.07) is 6.01. The van der Waals surface area contributed by atoms with E-state index in [1.165, 1.54) is 5.56 Å². The van der Waals surface area contributed by atoms with Gasteiger partial charge in [-0.05, 0) is 42.2 Å². The molecular formula is C18H25NO3. The Kier molecular flexibility index (Phi) is 6.97. The molecule has 0 aliphatic carbocycles. The van der Waals surface area contributed by atoms with Gasteiger partial charge in [0, 0.05) is 32.3 Å². The van der Waals surface area contributed by atoms with E-state index in [4.69, 9.17) is 9.47 Å². The average Bonchev–Trinajstić information content (AvgIpc) is 2.99. The Morgan fingerprint density at radius 3 is 3.09 bits per heavy atom. The fourth-order valence-corrected chi connectivity index (χ4v) is 2.28. The van der Waals surface area contributed by atoms with Crippen molar-refractivity contribution in [2.75, 3.05) is 26.4 Å². The minimum atomic E-state index is -0.0645. The predicted molar refractivity (Wildman–Crippen MR) is 88.0 cm³/mol. The van der Waals surface area contributed by atoms with Crippen LogP contribution in [0.3, 0.4) is 0 Å². The number of carbonyl (C=O) groups is 1. The Labute approximate surface area is 132 Å². The highest BCUT2D eigenvalue weighted by Crippen LogP contribution is 2.26. The van der Waals surface area contributed by atoms with Crippen LogP contribution >= 0.6 is 0 Å². The van der Waals surface area contributed by atoms with Crippen molar-refractivity contribution in [2.45, 2.75) is 32.6 Å². The van der Waals surface area contributed by atoms with E-state index in [1.807, 2.05) is 18.2 Å². The molecule has 1 heterocycles. The van der Waals surface area contributed by atoms with Crippen molar-refractivity contribution in [3.8, 4) is 5.75 Å². The van der Waals surface area contributed by atoms with E-state index in [-0.39, 0.29) is 5.91 Å². The van der Waals surface area contributed by atoms with Crippen molar-refractivity contribution < 1.29 is 14.3 Å². The van der Waals surface area contributed by atoms with E-state index >= 15 is 0 Å². The van der Waals surface area contributed by atoms with E-state index in [9.17, 15) is 4.79 Å². The van der Waals surface area contributed by atoms with Crippen LogP contribution in [0, 0.1) is 0 Å². The lowest BCUT2D eigenvalue weighted by Gasteiger charge is -2.04. The molecule has 0 spiro atoms. The van der Waals surface area contributed by atoms with Crippen LogP contribution in [0.25, 0.3) is 6.08 Å². The molecule has 4 nitrogen and oxygen atoms in total. The normalized spacial score (nSPS) is 13.1. The van der Waals surface area contributed by atoms with Gasteiger partial charge in [-0.25, -0.2) is 0 Å². The molecule has 0 saturated heterocycles. The lowest BCUT2D eigenvalue weighted by molar-refractivity contribution is -0.116. The highest BCUT2D eigenvalue weighted by atomic mass is 16.5. The lowest BCUT2D eigenvalue weighted by atomic mass is 10.1. The average molecular weight is 303 g/mol. The van der Waals surface area contributed by atoms with Crippen LogP contribution in [0.15, 0.2) is 24.3 Å². The van der Waals surface area contributed by atoms with Crippen LogP contribution in [0.1, 0.15) is 37.3 Å². The van der Waals surface area contributed by atoms with E-state index in [0.29, 0.717) is 13.2 Å². The second kappa shape index (κ2) is 9.26. The number of hydrogen-bond acceptors (Lipinski definition) is 3. The molecule has 22 heavy (non-hydrogen) atoms. The summed E-state index contributed by atoms with van der Waals surface area (Å²) in [6.07, 6.45) is 7.46. The number of ether oxygens (including phenoxy) is 2. The topological polar surface area (TPSA) is 47.6 Å². The maximum Gasteiger partial charge on any atom is 0.244 e. The SMILES string of the molecule is CCCCOCCCNC(=O)/C=C/c1ccc2c(c1)CCO2. The summed E-state index contributed by atoms with van der Waals surface area (Å²) in [7, 11) is 0. The fourth-order valence-electron chi connectivity index (χ4n) is 2.28. The Hall–Kier alpha value is -1.81. The van der Waals surface area contributed by atoms with Crippen LogP contribution in [0.5, 0.6) is 5.75 Å². The van der Waals surface area contributed by atoms with Gasteiger partial charge in [-0.15, -0.1) is 0 Å². The number of fused-ring (bicyclic) bond motifs is 1. The first-order valence-corrected chi connectivity index (χ1v) is 8.09. The summed E-state index contributed by atoms with van der Waals surface area (Å²) in [5.41, 5.74) is 2.24. The van der Waals surface area contributed by atoms with Gasteiger partial charge in [-0.2, -0.15) is 0 Å². The van der Waals surface area contributed by atoms with E-state index in [2.05, 4.69) is 18.3 Å². The van der Waals surface area contributed by atoms with Crippen molar-refractivity contribution in [1.29, 1.82) is 0 Å².